The van der Waals surface area contributed by atoms with Crippen LogP contribution in [0.2, 0.25) is 5.02 Å². The molecule has 0 bridgehead atoms. The fourth-order valence-corrected chi connectivity index (χ4v) is 3.87. The smallest absolute Gasteiger partial charge is 0.340 e. The van der Waals surface area contributed by atoms with Crippen LogP contribution in [0, 0.1) is 20.8 Å². The number of aryl methyl sites for hydroxylation is 3. The quantitative estimate of drug-likeness (QED) is 0.457. The summed E-state index contributed by atoms with van der Waals surface area (Å²) in [5.41, 5.74) is 4.76. The van der Waals surface area contributed by atoms with Gasteiger partial charge < -0.3 is 14.2 Å². The maximum Gasteiger partial charge on any atom is 0.340 e. The van der Waals surface area contributed by atoms with Crippen molar-refractivity contribution in [3.63, 3.8) is 0 Å². The van der Waals surface area contributed by atoms with Crippen LogP contribution in [0.4, 0.5) is 0 Å². The maximum atomic E-state index is 12.6. The summed E-state index contributed by atoms with van der Waals surface area (Å²) >= 11 is 5.89. The number of furan rings is 1. The normalized spacial score (nSPS) is 11.3. The molecular weight excluding hydrogens is 402 g/mol. The van der Waals surface area contributed by atoms with Crippen molar-refractivity contribution in [1.29, 1.82) is 0 Å². The van der Waals surface area contributed by atoms with Crippen molar-refractivity contribution < 1.29 is 13.6 Å². The molecule has 5 nitrogen and oxygen atoms in total. The molecule has 0 radical (unpaired) electrons. The second kappa shape index (κ2) is 8.00. The predicted molar refractivity (Wildman–Crippen MR) is 118 cm³/mol. The molecule has 0 aliphatic heterocycles. The van der Waals surface area contributed by atoms with Gasteiger partial charge in [0.25, 0.3) is 0 Å². The number of rotatable bonds is 5. The zero-order valence-corrected chi connectivity index (χ0v) is 17.9. The minimum absolute atomic E-state index is 0.0216. The van der Waals surface area contributed by atoms with Crippen LogP contribution in [0.15, 0.2) is 50.2 Å². The van der Waals surface area contributed by atoms with E-state index in [0.717, 1.165) is 38.6 Å². The van der Waals surface area contributed by atoms with Crippen LogP contribution in [-0.4, -0.2) is 12.5 Å². The van der Waals surface area contributed by atoms with E-state index in [1.807, 2.05) is 51.1 Å². The van der Waals surface area contributed by atoms with Crippen molar-refractivity contribution in [1.82, 2.24) is 5.32 Å². The van der Waals surface area contributed by atoms with Crippen LogP contribution in [0.25, 0.3) is 21.9 Å². The van der Waals surface area contributed by atoms with Gasteiger partial charge in [-0.2, -0.15) is 0 Å². The Kier molecular flexibility index (Phi) is 5.39. The molecule has 1 amide bonds. The number of nitrogens with one attached hydrogen (secondary N) is 1. The van der Waals surface area contributed by atoms with Crippen molar-refractivity contribution in [2.24, 2.45) is 0 Å². The topological polar surface area (TPSA) is 72.5 Å². The highest BCUT2D eigenvalue weighted by Gasteiger charge is 2.19. The van der Waals surface area contributed by atoms with Gasteiger partial charge in [0.05, 0.1) is 18.2 Å². The molecule has 0 fully saturated rings. The zero-order valence-electron chi connectivity index (χ0n) is 17.1. The van der Waals surface area contributed by atoms with E-state index in [2.05, 4.69) is 5.32 Å². The third kappa shape index (κ3) is 3.73. The molecule has 4 rings (SSSR count). The summed E-state index contributed by atoms with van der Waals surface area (Å²) in [6.45, 7) is 6.18. The molecule has 2 heterocycles. The molecule has 0 aliphatic rings. The van der Waals surface area contributed by atoms with Gasteiger partial charge in [0.1, 0.15) is 11.2 Å². The number of hydrogen-bond donors (Lipinski definition) is 1. The third-order valence-electron chi connectivity index (χ3n) is 5.52. The zero-order chi connectivity index (χ0) is 21.4. The predicted octanol–water partition coefficient (Wildman–Crippen LogP) is 5.02. The number of benzene rings is 2. The Bertz CT molecular complexity index is 1320. The molecule has 0 saturated heterocycles. The Morgan fingerprint density at radius 2 is 1.77 bits per heavy atom. The van der Waals surface area contributed by atoms with Gasteiger partial charge in [0, 0.05) is 27.9 Å². The van der Waals surface area contributed by atoms with Crippen LogP contribution in [0.3, 0.4) is 0 Å². The van der Waals surface area contributed by atoms with E-state index < -0.39 is 5.63 Å². The summed E-state index contributed by atoms with van der Waals surface area (Å²) < 4.78 is 11.2. The molecule has 2 aromatic heterocycles. The minimum Gasteiger partial charge on any atom is -0.464 e. The minimum atomic E-state index is -0.487. The molecule has 1 N–H and O–H groups in total. The summed E-state index contributed by atoms with van der Waals surface area (Å²) in [5, 5.41) is 5.36. The van der Waals surface area contributed by atoms with Crippen molar-refractivity contribution >= 4 is 39.4 Å². The summed E-state index contributed by atoms with van der Waals surface area (Å²) in [5.74, 6) is -0.212. The highest BCUT2D eigenvalue weighted by atomic mass is 35.5. The van der Waals surface area contributed by atoms with Crippen molar-refractivity contribution in [3.05, 3.63) is 79.9 Å². The Hall–Kier alpha value is -3.05. The molecule has 0 aliphatic carbocycles. The lowest BCUT2D eigenvalue weighted by Crippen LogP contribution is -2.29. The van der Waals surface area contributed by atoms with E-state index >= 15 is 0 Å². The summed E-state index contributed by atoms with van der Waals surface area (Å²) in [7, 11) is 0. The van der Waals surface area contributed by atoms with E-state index in [1.54, 1.807) is 6.26 Å². The Balaban J connectivity index is 1.56. The first-order valence-electron chi connectivity index (χ1n) is 9.80. The molecule has 0 spiro atoms. The molecule has 0 saturated carbocycles. The second-order valence-electron chi connectivity index (χ2n) is 7.57. The lowest BCUT2D eigenvalue weighted by molar-refractivity contribution is -0.120. The van der Waals surface area contributed by atoms with Gasteiger partial charge in [-0.05, 0) is 62.1 Å². The number of carbonyl (C=O) groups excluding carboxylic acids is 1. The third-order valence-corrected chi connectivity index (χ3v) is 5.77. The van der Waals surface area contributed by atoms with Gasteiger partial charge in [-0.1, -0.05) is 23.7 Å². The highest BCUT2D eigenvalue weighted by molar-refractivity contribution is 6.30. The second-order valence-corrected chi connectivity index (χ2v) is 8.01. The summed E-state index contributed by atoms with van der Waals surface area (Å²) in [4.78, 5) is 25.1. The van der Waals surface area contributed by atoms with Gasteiger partial charge in [-0.15, -0.1) is 0 Å². The number of hydrogen-bond acceptors (Lipinski definition) is 4. The SMILES string of the molecule is Cc1coc2c(C)c3oc(=O)c(CC(=O)NCCc4ccc(Cl)cc4)c(C)c3cc12. The first kappa shape index (κ1) is 20.2. The summed E-state index contributed by atoms with van der Waals surface area (Å²) in [6.07, 6.45) is 2.36. The van der Waals surface area contributed by atoms with Crippen LogP contribution in [-0.2, 0) is 17.6 Å². The van der Waals surface area contributed by atoms with Gasteiger partial charge in [-0.25, -0.2) is 4.79 Å². The Morgan fingerprint density at radius 1 is 1.03 bits per heavy atom. The number of carbonyl (C=O) groups is 1. The maximum absolute atomic E-state index is 12.6. The first-order chi connectivity index (χ1) is 14.3. The lowest BCUT2D eigenvalue weighted by atomic mass is 9.99. The van der Waals surface area contributed by atoms with Gasteiger partial charge in [-0.3, -0.25) is 4.79 Å². The lowest BCUT2D eigenvalue weighted by Gasteiger charge is -2.10. The Morgan fingerprint density at radius 3 is 2.50 bits per heavy atom. The van der Waals surface area contributed by atoms with Crippen molar-refractivity contribution in [3.8, 4) is 0 Å². The largest absolute Gasteiger partial charge is 0.464 e. The van der Waals surface area contributed by atoms with Crippen molar-refractivity contribution in [2.75, 3.05) is 6.54 Å². The molecule has 154 valence electrons. The number of fused-ring (bicyclic) bond motifs is 2. The molecule has 0 unspecified atom stereocenters. The van der Waals surface area contributed by atoms with E-state index in [9.17, 15) is 9.59 Å². The van der Waals surface area contributed by atoms with Crippen LogP contribution in [0.1, 0.15) is 27.8 Å². The van der Waals surface area contributed by atoms with Gasteiger partial charge >= 0.3 is 5.63 Å². The fraction of sp³-hybridized carbons (Fsp3) is 0.250. The fourth-order valence-electron chi connectivity index (χ4n) is 3.74. The van der Waals surface area contributed by atoms with E-state index in [1.165, 1.54) is 0 Å². The Labute approximate surface area is 178 Å². The van der Waals surface area contributed by atoms with Crippen LogP contribution >= 0.6 is 11.6 Å². The molecular formula is C24H22ClNO4. The molecule has 4 aromatic rings. The van der Waals surface area contributed by atoms with Gasteiger partial charge in [0.2, 0.25) is 5.91 Å². The average Bonchev–Trinajstić information content (AvgIpc) is 3.09. The van der Waals surface area contributed by atoms with Gasteiger partial charge in [0.15, 0.2) is 0 Å². The summed E-state index contributed by atoms with van der Waals surface area (Å²) in [6, 6.07) is 9.47. The average molecular weight is 424 g/mol. The monoisotopic (exact) mass is 423 g/mol. The van der Waals surface area contributed by atoms with Crippen LogP contribution < -0.4 is 10.9 Å². The number of halogens is 1. The standard InChI is InChI=1S/C24H22ClNO4/c1-13-12-29-22-15(3)23-19(10-18(13)22)14(2)20(24(28)30-23)11-21(27)26-9-8-16-4-6-17(25)7-5-16/h4-7,10,12H,8-9,11H2,1-3H3,(H,26,27). The van der Waals surface area contributed by atoms with E-state index in [-0.39, 0.29) is 12.3 Å². The number of amides is 1. The molecule has 6 heteroatoms. The van der Waals surface area contributed by atoms with E-state index in [4.69, 9.17) is 20.4 Å². The van der Waals surface area contributed by atoms with Crippen LogP contribution in [0.5, 0.6) is 0 Å². The molecule has 2 aromatic carbocycles. The first-order valence-corrected chi connectivity index (χ1v) is 10.2. The van der Waals surface area contributed by atoms with Crippen molar-refractivity contribution in [2.45, 2.75) is 33.6 Å². The van der Waals surface area contributed by atoms with E-state index in [0.29, 0.717) is 29.1 Å². The highest BCUT2D eigenvalue weighted by Crippen LogP contribution is 2.32. The molecule has 0 atom stereocenters. The molecule has 30 heavy (non-hydrogen) atoms.